The summed E-state index contributed by atoms with van der Waals surface area (Å²) in [5.74, 6) is 0. The number of hydrogen-bond donors (Lipinski definition) is 0. The second kappa shape index (κ2) is 9.21. The van der Waals surface area contributed by atoms with Crippen molar-refractivity contribution in [3.05, 3.63) is 0 Å². The average molecular weight is 311 g/mol. The molecule has 4 nitrogen and oxygen atoms in total. The fourth-order valence-corrected chi connectivity index (χ4v) is 4.03. The van der Waals surface area contributed by atoms with Gasteiger partial charge in [0.1, 0.15) is 0 Å². The van der Waals surface area contributed by atoms with Gasteiger partial charge in [0, 0.05) is 25.2 Å². The van der Waals surface area contributed by atoms with E-state index in [1.807, 2.05) is 0 Å². The lowest BCUT2D eigenvalue weighted by molar-refractivity contribution is 0.0581. The van der Waals surface area contributed by atoms with Crippen LogP contribution >= 0.6 is 0 Å². The van der Waals surface area contributed by atoms with Crippen molar-refractivity contribution in [3.63, 3.8) is 0 Å². The first-order valence-corrected chi connectivity index (χ1v) is 9.49. The number of piperidine rings is 2. The fourth-order valence-electron chi connectivity index (χ4n) is 4.03. The molecule has 0 radical (unpaired) electrons. The highest BCUT2D eigenvalue weighted by Gasteiger charge is 2.29. The summed E-state index contributed by atoms with van der Waals surface area (Å²) < 4.78 is 0. The maximum Gasteiger partial charge on any atom is 0.0120 e. The van der Waals surface area contributed by atoms with Crippen LogP contribution in [0.2, 0.25) is 0 Å². The molecule has 22 heavy (non-hydrogen) atoms. The van der Waals surface area contributed by atoms with Gasteiger partial charge in [0.05, 0.1) is 0 Å². The summed E-state index contributed by atoms with van der Waals surface area (Å²) in [7, 11) is 4.49. The molecule has 130 valence electrons. The summed E-state index contributed by atoms with van der Waals surface area (Å²) in [6.07, 6.45) is 5.49. The molecule has 0 spiro atoms. The van der Waals surface area contributed by atoms with E-state index in [1.54, 1.807) is 0 Å². The van der Waals surface area contributed by atoms with E-state index in [4.69, 9.17) is 0 Å². The van der Waals surface area contributed by atoms with Crippen LogP contribution in [0.25, 0.3) is 0 Å². The summed E-state index contributed by atoms with van der Waals surface area (Å²) in [4.78, 5) is 10.4. The van der Waals surface area contributed by atoms with Crippen molar-refractivity contribution in [3.8, 4) is 0 Å². The topological polar surface area (TPSA) is 13.0 Å². The Balaban J connectivity index is 1.73. The van der Waals surface area contributed by atoms with Crippen LogP contribution in [0.1, 0.15) is 39.5 Å². The van der Waals surface area contributed by atoms with E-state index < -0.39 is 0 Å². The molecule has 2 saturated heterocycles. The molecule has 0 saturated carbocycles. The van der Waals surface area contributed by atoms with Crippen LogP contribution in [0, 0.1) is 0 Å². The molecule has 0 amide bonds. The summed E-state index contributed by atoms with van der Waals surface area (Å²) in [6.45, 7) is 14.6. The van der Waals surface area contributed by atoms with Crippen LogP contribution in [0.3, 0.4) is 0 Å². The summed E-state index contributed by atoms with van der Waals surface area (Å²) in [5, 5.41) is 0. The van der Waals surface area contributed by atoms with Gasteiger partial charge in [-0.15, -0.1) is 0 Å². The van der Waals surface area contributed by atoms with Crippen molar-refractivity contribution >= 4 is 0 Å². The van der Waals surface area contributed by atoms with Crippen molar-refractivity contribution in [1.29, 1.82) is 0 Å². The Kier molecular flexibility index (Phi) is 7.61. The average Bonchev–Trinajstić information content (AvgIpc) is 2.56. The molecule has 0 aromatic heterocycles. The predicted octanol–water partition coefficient (Wildman–Crippen LogP) is 1.82. The first kappa shape index (κ1) is 18.2. The van der Waals surface area contributed by atoms with Crippen LogP contribution in [0.15, 0.2) is 0 Å². The SMILES string of the molecule is CCN(C)CCN(CC)C1CCN(C2CCN(C)CC2)CC1. The first-order chi connectivity index (χ1) is 10.6. The highest BCUT2D eigenvalue weighted by Crippen LogP contribution is 2.22. The Bertz CT molecular complexity index is 293. The molecule has 2 aliphatic rings. The van der Waals surface area contributed by atoms with E-state index in [0.29, 0.717) is 0 Å². The van der Waals surface area contributed by atoms with Crippen molar-refractivity contribution in [2.24, 2.45) is 0 Å². The van der Waals surface area contributed by atoms with Crippen LogP contribution < -0.4 is 0 Å². The highest BCUT2D eigenvalue weighted by molar-refractivity contribution is 4.85. The molecule has 2 heterocycles. The third-order valence-electron chi connectivity index (χ3n) is 5.93. The van der Waals surface area contributed by atoms with E-state index in [1.165, 1.54) is 71.5 Å². The zero-order valence-electron chi connectivity index (χ0n) is 15.4. The summed E-state index contributed by atoms with van der Waals surface area (Å²) in [5.41, 5.74) is 0. The number of likely N-dealkylation sites (tertiary alicyclic amines) is 2. The molecule has 0 aromatic rings. The lowest BCUT2D eigenvalue weighted by Crippen LogP contribution is -2.51. The zero-order valence-corrected chi connectivity index (χ0v) is 15.4. The summed E-state index contributed by atoms with van der Waals surface area (Å²) >= 11 is 0. The van der Waals surface area contributed by atoms with Crippen molar-refractivity contribution < 1.29 is 0 Å². The van der Waals surface area contributed by atoms with Crippen molar-refractivity contribution in [1.82, 2.24) is 19.6 Å². The normalized spacial score (nSPS) is 23.7. The van der Waals surface area contributed by atoms with E-state index in [9.17, 15) is 0 Å². The molecule has 0 aliphatic carbocycles. The molecule has 0 atom stereocenters. The molecular weight excluding hydrogens is 272 g/mol. The van der Waals surface area contributed by atoms with Crippen molar-refractivity contribution in [2.75, 3.05) is 66.5 Å². The fraction of sp³-hybridized carbons (Fsp3) is 1.00. The van der Waals surface area contributed by atoms with Gasteiger partial charge >= 0.3 is 0 Å². The maximum absolute atomic E-state index is 2.79. The van der Waals surface area contributed by atoms with Gasteiger partial charge in [-0.1, -0.05) is 13.8 Å². The quantitative estimate of drug-likeness (QED) is 0.711. The monoisotopic (exact) mass is 310 g/mol. The second-order valence-electron chi connectivity index (χ2n) is 7.33. The van der Waals surface area contributed by atoms with Gasteiger partial charge in [0.15, 0.2) is 0 Å². The second-order valence-corrected chi connectivity index (χ2v) is 7.33. The molecule has 2 fully saturated rings. The number of hydrogen-bond acceptors (Lipinski definition) is 4. The Labute approximate surface area is 138 Å². The van der Waals surface area contributed by atoms with Gasteiger partial charge in [-0.05, 0) is 79.0 Å². The van der Waals surface area contributed by atoms with Gasteiger partial charge in [0.2, 0.25) is 0 Å². The minimum Gasteiger partial charge on any atom is -0.306 e. The van der Waals surface area contributed by atoms with Crippen LogP contribution in [-0.2, 0) is 0 Å². The smallest absolute Gasteiger partial charge is 0.0120 e. The Morgan fingerprint density at radius 1 is 0.864 bits per heavy atom. The van der Waals surface area contributed by atoms with E-state index in [-0.39, 0.29) is 0 Å². The Morgan fingerprint density at radius 3 is 2.05 bits per heavy atom. The van der Waals surface area contributed by atoms with Crippen LogP contribution in [0.5, 0.6) is 0 Å². The Hall–Kier alpha value is -0.160. The molecule has 0 N–H and O–H groups in total. The van der Waals surface area contributed by atoms with Gasteiger partial charge in [-0.25, -0.2) is 0 Å². The molecule has 0 unspecified atom stereocenters. The lowest BCUT2D eigenvalue weighted by atomic mass is 9.97. The molecular formula is C18H38N4. The maximum atomic E-state index is 2.79. The molecule has 4 heteroatoms. The lowest BCUT2D eigenvalue weighted by Gasteiger charge is -2.43. The van der Waals surface area contributed by atoms with Crippen LogP contribution in [0.4, 0.5) is 0 Å². The van der Waals surface area contributed by atoms with Crippen LogP contribution in [-0.4, -0.2) is 98.1 Å². The van der Waals surface area contributed by atoms with Crippen molar-refractivity contribution in [2.45, 2.75) is 51.6 Å². The minimum atomic E-state index is 0.817. The molecule has 2 rings (SSSR count). The number of likely N-dealkylation sites (N-methyl/N-ethyl adjacent to an activating group) is 2. The third kappa shape index (κ3) is 5.19. The number of nitrogens with zero attached hydrogens (tertiary/aromatic N) is 4. The van der Waals surface area contributed by atoms with Gasteiger partial charge < -0.3 is 14.7 Å². The van der Waals surface area contributed by atoms with Gasteiger partial charge in [-0.3, -0.25) is 4.90 Å². The molecule has 0 aromatic carbocycles. The summed E-state index contributed by atoms with van der Waals surface area (Å²) in [6, 6.07) is 1.68. The first-order valence-electron chi connectivity index (χ1n) is 9.49. The standard InChI is InChI=1S/C18H38N4/c1-5-19(3)15-16-21(6-2)17-9-13-22(14-10-17)18-7-11-20(4)12-8-18/h17-18H,5-16H2,1-4H3. The molecule has 2 aliphatic heterocycles. The van der Waals surface area contributed by atoms with Gasteiger partial charge in [-0.2, -0.15) is 0 Å². The minimum absolute atomic E-state index is 0.817. The predicted molar refractivity (Wildman–Crippen MR) is 95.5 cm³/mol. The van der Waals surface area contributed by atoms with E-state index >= 15 is 0 Å². The zero-order chi connectivity index (χ0) is 15.9. The molecule has 0 bridgehead atoms. The third-order valence-corrected chi connectivity index (χ3v) is 5.93. The van der Waals surface area contributed by atoms with E-state index in [2.05, 4.69) is 47.5 Å². The van der Waals surface area contributed by atoms with Gasteiger partial charge in [0.25, 0.3) is 0 Å². The number of rotatable bonds is 7. The largest absolute Gasteiger partial charge is 0.306 e. The Morgan fingerprint density at radius 2 is 1.50 bits per heavy atom. The highest BCUT2D eigenvalue weighted by atomic mass is 15.2. The van der Waals surface area contributed by atoms with E-state index in [0.717, 1.165) is 18.6 Å².